The Kier molecular flexibility index (Phi) is 9.44. The van der Waals surface area contributed by atoms with Crippen molar-refractivity contribution in [1.29, 1.82) is 0 Å². The van der Waals surface area contributed by atoms with Crippen LogP contribution in [0.2, 0.25) is 0 Å². The Morgan fingerprint density at radius 1 is 0.725 bits per heavy atom. The van der Waals surface area contributed by atoms with Gasteiger partial charge in [0.15, 0.2) is 0 Å². The van der Waals surface area contributed by atoms with E-state index in [4.69, 9.17) is 0 Å². The summed E-state index contributed by atoms with van der Waals surface area (Å²) < 4.78 is 0. The molecule has 40 heavy (non-hydrogen) atoms. The largest absolute Gasteiger partial charge is 0.507 e. The van der Waals surface area contributed by atoms with Gasteiger partial charge in [-0.1, -0.05) is 96.7 Å². The highest BCUT2D eigenvalue weighted by Gasteiger charge is 2.29. The van der Waals surface area contributed by atoms with Gasteiger partial charge >= 0.3 is 0 Å². The molecule has 0 unspecified atom stereocenters. The van der Waals surface area contributed by atoms with Crippen LogP contribution in [0.5, 0.6) is 11.5 Å². The molecule has 0 saturated heterocycles. The third-order valence-corrected chi connectivity index (χ3v) is 10.4. The lowest BCUT2D eigenvalue weighted by atomic mass is 9.76. The standard InChI is InChI=1S/C38H52O2/c1-25-15-18-29(19-16-25)28(4)17-20-32(35-23-26(2)21-33(37(35)39)30-11-7-5-8-12-30)36-24-27(3)22-34(38(36)40)31-13-9-6-10-14-31/h15,21-24,30-32,39-40H,5-14,16-20H2,1-4H3. The van der Waals surface area contributed by atoms with Gasteiger partial charge in [-0.2, -0.15) is 0 Å². The quantitative estimate of drug-likeness (QED) is 0.343. The zero-order chi connectivity index (χ0) is 28.2. The van der Waals surface area contributed by atoms with Crippen LogP contribution in [0, 0.1) is 13.8 Å². The number of hydrogen-bond acceptors (Lipinski definition) is 2. The van der Waals surface area contributed by atoms with Gasteiger partial charge in [0.2, 0.25) is 0 Å². The molecule has 0 aliphatic heterocycles. The average molecular weight is 541 g/mol. The van der Waals surface area contributed by atoms with E-state index in [9.17, 15) is 10.2 Å². The lowest BCUT2D eigenvalue weighted by molar-refractivity contribution is 0.403. The van der Waals surface area contributed by atoms with E-state index in [1.165, 1.54) is 99.3 Å². The molecule has 2 nitrogen and oxygen atoms in total. The molecule has 0 amide bonds. The molecule has 2 saturated carbocycles. The summed E-state index contributed by atoms with van der Waals surface area (Å²) in [6.07, 6.45) is 20.0. The van der Waals surface area contributed by atoms with Crippen LogP contribution in [0.4, 0.5) is 0 Å². The first-order valence-electron chi connectivity index (χ1n) is 16.3. The summed E-state index contributed by atoms with van der Waals surface area (Å²) in [6, 6.07) is 8.89. The van der Waals surface area contributed by atoms with Crippen LogP contribution in [-0.4, -0.2) is 10.2 Å². The number of allylic oxidation sites excluding steroid dienone is 4. The van der Waals surface area contributed by atoms with Crippen molar-refractivity contribution in [1.82, 2.24) is 0 Å². The Morgan fingerprint density at radius 2 is 1.23 bits per heavy atom. The first-order chi connectivity index (χ1) is 19.3. The minimum Gasteiger partial charge on any atom is -0.507 e. The molecule has 216 valence electrons. The van der Waals surface area contributed by atoms with E-state index in [0.29, 0.717) is 23.3 Å². The molecule has 3 aliphatic carbocycles. The second kappa shape index (κ2) is 13.0. The molecule has 2 heteroatoms. The smallest absolute Gasteiger partial charge is 0.122 e. The summed E-state index contributed by atoms with van der Waals surface area (Å²) in [7, 11) is 0. The van der Waals surface area contributed by atoms with Crippen molar-refractivity contribution >= 4 is 0 Å². The Bertz CT molecular complexity index is 1180. The minimum atomic E-state index is -0.0269. The van der Waals surface area contributed by atoms with E-state index in [2.05, 4.69) is 58.0 Å². The lowest BCUT2D eigenvalue weighted by Crippen LogP contribution is -2.11. The van der Waals surface area contributed by atoms with Crippen LogP contribution in [0.15, 0.2) is 47.1 Å². The maximum atomic E-state index is 11.9. The molecule has 0 bridgehead atoms. The summed E-state index contributed by atoms with van der Waals surface area (Å²) >= 11 is 0. The van der Waals surface area contributed by atoms with E-state index in [1.54, 1.807) is 5.57 Å². The number of aromatic hydroxyl groups is 2. The van der Waals surface area contributed by atoms with Crippen molar-refractivity contribution in [2.75, 3.05) is 0 Å². The minimum absolute atomic E-state index is 0.0269. The van der Waals surface area contributed by atoms with Crippen LogP contribution >= 0.6 is 0 Å². The molecule has 2 aromatic rings. The summed E-state index contributed by atoms with van der Waals surface area (Å²) in [5.41, 5.74) is 11.4. The van der Waals surface area contributed by atoms with Crippen LogP contribution in [0.1, 0.15) is 161 Å². The summed E-state index contributed by atoms with van der Waals surface area (Å²) in [5.74, 6) is 1.84. The van der Waals surface area contributed by atoms with Gasteiger partial charge in [-0.05, 0) is 108 Å². The molecule has 5 rings (SSSR count). The van der Waals surface area contributed by atoms with Gasteiger partial charge in [0.05, 0.1) is 0 Å². The van der Waals surface area contributed by atoms with E-state index in [1.807, 2.05) is 0 Å². The highest BCUT2D eigenvalue weighted by atomic mass is 16.3. The van der Waals surface area contributed by atoms with Crippen LogP contribution in [0.25, 0.3) is 0 Å². The fourth-order valence-corrected chi connectivity index (χ4v) is 7.91. The molecule has 2 N–H and O–H groups in total. The van der Waals surface area contributed by atoms with Gasteiger partial charge in [-0.15, -0.1) is 0 Å². The third kappa shape index (κ3) is 6.53. The molecular formula is C38H52O2. The van der Waals surface area contributed by atoms with Gasteiger partial charge in [0.1, 0.15) is 11.5 Å². The van der Waals surface area contributed by atoms with Crippen molar-refractivity contribution < 1.29 is 10.2 Å². The SMILES string of the molecule is CC1=CCC(=C(C)CCC(c2cc(C)cc(C3CCCCC3)c2O)c2cc(C)cc(C3CCCCC3)c2O)CC1. The number of rotatable bonds is 7. The molecule has 2 fully saturated rings. The fourth-order valence-electron chi connectivity index (χ4n) is 7.91. The molecule has 0 spiro atoms. The summed E-state index contributed by atoms with van der Waals surface area (Å²) in [5, 5.41) is 23.8. The second-order valence-corrected chi connectivity index (χ2v) is 13.5. The van der Waals surface area contributed by atoms with Gasteiger partial charge in [0.25, 0.3) is 0 Å². The predicted octanol–water partition coefficient (Wildman–Crippen LogP) is 11.2. The van der Waals surface area contributed by atoms with Crippen molar-refractivity contribution in [2.45, 2.75) is 142 Å². The number of hydrogen-bond donors (Lipinski definition) is 2. The topological polar surface area (TPSA) is 40.5 Å². The Morgan fingerprint density at radius 3 is 1.68 bits per heavy atom. The monoisotopic (exact) mass is 540 g/mol. The van der Waals surface area contributed by atoms with Gasteiger partial charge < -0.3 is 10.2 Å². The molecule has 0 aromatic heterocycles. The van der Waals surface area contributed by atoms with E-state index in [-0.39, 0.29) is 5.92 Å². The molecule has 3 aliphatic rings. The van der Waals surface area contributed by atoms with E-state index >= 15 is 0 Å². The first-order valence-corrected chi connectivity index (χ1v) is 16.3. The maximum absolute atomic E-state index is 11.9. The van der Waals surface area contributed by atoms with Crippen molar-refractivity contribution in [3.8, 4) is 11.5 Å². The zero-order valence-electron chi connectivity index (χ0n) is 25.6. The van der Waals surface area contributed by atoms with E-state index in [0.717, 1.165) is 41.5 Å². The maximum Gasteiger partial charge on any atom is 0.122 e. The second-order valence-electron chi connectivity index (χ2n) is 13.5. The molecule has 0 heterocycles. The molecule has 0 atom stereocenters. The molecule has 0 radical (unpaired) electrons. The number of phenols is 2. The van der Waals surface area contributed by atoms with Gasteiger partial charge in [-0.25, -0.2) is 0 Å². The highest BCUT2D eigenvalue weighted by molar-refractivity contribution is 5.55. The number of phenolic OH excluding ortho intramolecular Hbond substituents is 2. The van der Waals surface area contributed by atoms with E-state index < -0.39 is 0 Å². The molecule has 2 aromatic carbocycles. The first kappa shape index (κ1) is 29.0. The lowest BCUT2D eigenvalue weighted by Gasteiger charge is -2.29. The Balaban J connectivity index is 1.57. The zero-order valence-corrected chi connectivity index (χ0v) is 25.6. The Hall–Kier alpha value is -2.48. The van der Waals surface area contributed by atoms with Gasteiger partial charge in [0, 0.05) is 17.0 Å². The van der Waals surface area contributed by atoms with Crippen LogP contribution in [0.3, 0.4) is 0 Å². The van der Waals surface area contributed by atoms with Crippen LogP contribution < -0.4 is 0 Å². The third-order valence-electron chi connectivity index (χ3n) is 10.4. The highest BCUT2D eigenvalue weighted by Crippen LogP contribution is 2.48. The Labute approximate surface area is 243 Å². The summed E-state index contributed by atoms with van der Waals surface area (Å²) in [6.45, 7) is 8.92. The van der Waals surface area contributed by atoms with Crippen molar-refractivity contribution in [3.05, 3.63) is 80.4 Å². The normalized spacial score (nSPS) is 20.6. The van der Waals surface area contributed by atoms with Crippen molar-refractivity contribution in [2.24, 2.45) is 0 Å². The van der Waals surface area contributed by atoms with Crippen molar-refractivity contribution in [3.63, 3.8) is 0 Å². The summed E-state index contributed by atoms with van der Waals surface area (Å²) in [4.78, 5) is 0. The predicted molar refractivity (Wildman–Crippen MR) is 169 cm³/mol. The number of aryl methyl sites for hydroxylation is 2. The van der Waals surface area contributed by atoms with Gasteiger partial charge in [-0.3, -0.25) is 0 Å². The fraction of sp³-hybridized carbons (Fsp3) is 0.579. The average Bonchev–Trinajstić information content (AvgIpc) is 2.97. The number of benzene rings is 2. The molecular weight excluding hydrogens is 488 g/mol. The van der Waals surface area contributed by atoms with Crippen LogP contribution in [-0.2, 0) is 0 Å².